The molecule has 1 unspecified atom stereocenters. The fourth-order valence-corrected chi connectivity index (χ4v) is 3.31. The summed E-state index contributed by atoms with van der Waals surface area (Å²) in [5, 5.41) is 4.43. The van der Waals surface area contributed by atoms with E-state index < -0.39 is 29.2 Å². The summed E-state index contributed by atoms with van der Waals surface area (Å²) >= 11 is 0. The molecule has 2 N–H and O–H groups in total. The molecule has 7 heteroatoms. The van der Waals surface area contributed by atoms with Gasteiger partial charge in [-0.1, -0.05) is 42.5 Å². The van der Waals surface area contributed by atoms with Crippen molar-refractivity contribution in [2.75, 3.05) is 11.4 Å². The minimum atomic E-state index is -1.91. The maximum atomic E-state index is 13.8. The van der Waals surface area contributed by atoms with Crippen LogP contribution >= 0.6 is 0 Å². The number of carbonyl (C=O) groups is 3. The van der Waals surface area contributed by atoms with Crippen LogP contribution in [0.25, 0.3) is 6.08 Å². The van der Waals surface area contributed by atoms with Crippen LogP contribution in [0.4, 0.5) is 14.9 Å². The van der Waals surface area contributed by atoms with E-state index in [1.54, 1.807) is 6.08 Å². The number of nitrogens with one attached hydrogen (secondary N) is 2. The first kappa shape index (κ1) is 16.0. The first-order valence-corrected chi connectivity index (χ1v) is 7.99. The third kappa shape index (κ3) is 2.28. The van der Waals surface area contributed by atoms with E-state index in [1.165, 1.54) is 17.0 Å². The molecule has 2 aliphatic rings. The Labute approximate surface area is 148 Å². The summed E-state index contributed by atoms with van der Waals surface area (Å²) in [6, 6.07) is 12.5. The number of halogens is 1. The van der Waals surface area contributed by atoms with Crippen molar-refractivity contribution in [2.45, 2.75) is 5.54 Å². The minimum absolute atomic E-state index is 0.138. The number of amides is 4. The van der Waals surface area contributed by atoms with Crippen LogP contribution in [0.2, 0.25) is 0 Å². The molecule has 4 amide bonds. The topological polar surface area (TPSA) is 78.5 Å². The zero-order valence-electron chi connectivity index (χ0n) is 13.5. The van der Waals surface area contributed by atoms with Crippen molar-refractivity contribution in [3.05, 3.63) is 71.6 Å². The summed E-state index contributed by atoms with van der Waals surface area (Å²) < 4.78 is 13.8. The third-order valence-corrected chi connectivity index (χ3v) is 4.49. The first-order valence-electron chi connectivity index (χ1n) is 7.99. The standard InChI is InChI=1S/C19H14FN3O3/c20-13-8-9-15-14(11-13)19(16(24)21-18(26)22-19)17(25)23(15)10-4-7-12-5-2-1-3-6-12/h1-9,11H,10H2,(H2,21,22,24,26). The number of urea groups is 1. The minimum Gasteiger partial charge on any atom is -0.312 e. The van der Waals surface area contributed by atoms with Crippen molar-refractivity contribution in [2.24, 2.45) is 0 Å². The molecule has 26 heavy (non-hydrogen) atoms. The van der Waals surface area contributed by atoms with Crippen molar-refractivity contribution in [3.63, 3.8) is 0 Å². The van der Waals surface area contributed by atoms with Crippen LogP contribution < -0.4 is 15.5 Å². The predicted octanol–water partition coefficient (Wildman–Crippen LogP) is 1.92. The van der Waals surface area contributed by atoms with Gasteiger partial charge in [0.1, 0.15) is 5.82 Å². The second kappa shape index (κ2) is 5.80. The molecule has 0 aliphatic carbocycles. The van der Waals surface area contributed by atoms with Crippen molar-refractivity contribution in [3.8, 4) is 0 Å². The van der Waals surface area contributed by atoms with E-state index >= 15 is 0 Å². The van der Waals surface area contributed by atoms with Crippen LogP contribution in [0.1, 0.15) is 11.1 Å². The Bertz CT molecular complexity index is 958. The summed E-state index contributed by atoms with van der Waals surface area (Å²) in [6.07, 6.45) is 3.61. The molecule has 2 heterocycles. The molecule has 2 aromatic rings. The highest BCUT2D eigenvalue weighted by Gasteiger charge is 2.61. The number of imide groups is 1. The first-order chi connectivity index (χ1) is 12.5. The van der Waals surface area contributed by atoms with Crippen LogP contribution in [0.15, 0.2) is 54.6 Å². The Kier molecular flexibility index (Phi) is 3.57. The number of fused-ring (bicyclic) bond motifs is 2. The number of hydrogen-bond donors (Lipinski definition) is 2. The molecular weight excluding hydrogens is 337 g/mol. The Morgan fingerprint density at radius 1 is 1.08 bits per heavy atom. The summed E-state index contributed by atoms with van der Waals surface area (Å²) in [7, 11) is 0. The van der Waals surface area contributed by atoms with Gasteiger partial charge in [0.25, 0.3) is 11.8 Å². The van der Waals surface area contributed by atoms with Gasteiger partial charge in [0.15, 0.2) is 0 Å². The number of carbonyl (C=O) groups excluding carboxylic acids is 3. The molecule has 1 saturated heterocycles. The van der Waals surface area contributed by atoms with Gasteiger partial charge in [0, 0.05) is 12.1 Å². The van der Waals surface area contributed by atoms with Gasteiger partial charge in [0.2, 0.25) is 5.54 Å². The molecule has 0 radical (unpaired) electrons. The van der Waals surface area contributed by atoms with Crippen molar-refractivity contribution in [1.29, 1.82) is 0 Å². The van der Waals surface area contributed by atoms with Crippen LogP contribution in [0.5, 0.6) is 0 Å². The largest absolute Gasteiger partial charge is 0.323 e. The maximum Gasteiger partial charge on any atom is 0.323 e. The predicted molar refractivity (Wildman–Crippen MR) is 92.6 cm³/mol. The second-order valence-corrected chi connectivity index (χ2v) is 6.05. The highest BCUT2D eigenvalue weighted by molar-refractivity contribution is 6.27. The average Bonchev–Trinajstić information content (AvgIpc) is 3.05. The Hall–Kier alpha value is -3.48. The highest BCUT2D eigenvalue weighted by Crippen LogP contribution is 2.42. The van der Waals surface area contributed by atoms with E-state index in [0.717, 1.165) is 11.6 Å². The van der Waals surface area contributed by atoms with E-state index in [9.17, 15) is 18.8 Å². The van der Waals surface area contributed by atoms with Gasteiger partial charge in [0.05, 0.1) is 5.69 Å². The monoisotopic (exact) mass is 351 g/mol. The van der Waals surface area contributed by atoms with Crippen molar-refractivity contribution < 1.29 is 18.8 Å². The quantitative estimate of drug-likeness (QED) is 0.655. The lowest BCUT2D eigenvalue weighted by atomic mass is 9.91. The molecule has 2 aliphatic heterocycles. The summed E-state index contributed by atoms with van der Waals surface area (Å²) in [5.74, 6) is -2.00. The Balaban J connectivity index is 1.71. The second-order valence-electron chi connectivity index (χ2n) is 6.05. The van der Waals surface area contributed by atoms with E-state index in [0.29, 0.717) is 5.69 Å². The van der Waals surface area contributed by atoms with Gasteiger partial charge in [-0.15, -0.1) is 0 Å². The van der Waals surface area contributed by atoms with Crippen LogP contribution in [-0.2, 0) is 15.1 Å². The zero-order valence-corrected chi connectivity index (χ0v) is 13.5. The van der Waals surface area contributed by atoms with E-state index in [4.69, 9.17) is 0 Å². The van der Waals surface area contributed by atoms with Crippen LogP contribution in [-0.4, -0.2) is 24.4 Å². The van der Waals surface area contributed by atoms with Crippen molar-refractivity contribution in [1.82, 2.24) is 10.6 Å². The molecule has 0 bridgehead atoms. The lowest BCUT2D eigenvalue weighted by molar-refractivity contribution is -0.133. The molecular formula is C19H14FN3O3. The average molecular weight is 351 g/mol. The van der Waals surface area contributed by atoms with Crippen LogP contribution in [0.3, 0.4) is 0 Å². The SMILES string of the molecule is O=C1NC(=O)C2(N1)C(=O)N(CC=Cc1ccccc1)c1ccc(F)cc12. The number of benzene rings is 2. The van der Waals surface area contributed by atoms with Gasteiger partial charge in [-0.05, 0) is 23.8 Å². The van der Waals surface area contributed by atoms with Gasteiger partial charge in [-0.25, -0.2) is 9.18 Å². The third-order valence-electron chi connectivity index (χ3n) is 4.49. The molecule has 0 aromatic heterocycles. The fraction of sp³-hybridized carbons (Fsp3) is 0.105. The molecule has 1 fully saturated rings. The normalized spacial score (nSPS) is 21.4. The van der Waals surface area contributed by atoms with Crippen molar-refractivity contribution >= 4 is 29.6 Å². The zero-order chi connectivity index (χ0) is 18.3. The molecule has 6 nitrogen and oxygen atoms in total. The number of nitrogens with zero attached hydrogens (tertiary/aromatic N) is 1. The van der Waals surface area contributed by atoms with Gasteiger partial charge >= 0.3 is 6.03 Å². The Morgan fingerprint density at radius 3 is 2.54 bits per heavy atom. The van der Waals surface area contributed by atoms with E-state index in [-0.39, 0.29) is 12.1 Å². The maximum absolute atomic E-state index is 13.8. The molecule has 2 aromatic carbocycles. The van der Waals surface area contributed by atoms with Gasteiger partial charge < -0.3 is 10.2 Å². The smallest absolute Gasteiger partial charge is 0.312 e. The molecule has 130 valence electrons. The lowest BCUT2D eigenvalue weighted by Crippen LogP contribution is -2.52. The molecule has 0 saturated carbocycles. The molecule has 1 spiro atoms. The number of anilines is 1. The summed E-state index contributed by atoms with van der Waals surface area (Å²) in [5.41, 5.74) is -0.416. The highest BCUT2D eigenvalue weighted by atomic mass is 19.1. The van der Waals surface area contributed by atoms with E-state index in [1.807, 2.05) is 36.4 Å². The number of hydrogen-bond acceptors (Lipinski definition) is 3. The van der Waals surface area contributed by atoms with Crippen LogP contribution in [0, 0.1) is 5.82 Å². The summed E-state index contributed by atoms with van der Waals surface area (Å²) in [6.45, 7) is 0.178. The number of rotatable bonds is 3. The fourth-order valence-electron chi connectivity index (χ4n) is 3.31. The van der Waals surface area contributed by atoms with Gasteiger partial charge in [-0.3, -0.25) is 14.9 Å². The molecule has 1 atom stereocenters. The Morgan fingerprint density at radius 2 is 1.85 bits per heavy atom. The lowest BCUT2D eigenvalue weighted by Gasteiger charge is -2.20. The van der Waals surface area contributed by atoms with E-state index in [2.05, 4.69) is 10.6 Å². The summed E-state index contributed by atoms with van der Waals surface area (Å²) in [4.78, 5) is 38.3. The van der Waals surface area contributed by atoms with Gasteiger partial charge in [-0.2, -0.15) is 0 Å². The molecule has 4 rings (SSSR count).